The number of benzene rings is 3. The van der Waals surface area contributed by atoms with Crippen LogP contribution in [0.3, 0.4) is 0 Å². The molecule has 0 aliphatic carbocycles. The van der Waals surface area contributed by atoms with Gasteiger partial charge in [0.1, 0.15) is 5.75 Å². The molecule has 4 heteroatoms. The molecule has 32 heavy (non-hydrogen) atoms. The van der Waals surface area contributed by atoms with Crippen molar-refractivity contribution in [2.45, 2.75) is 31.7 Å². The molecule has 2 heterocycles. The molecule has 0 radical (unpaired) electrons. The van der Waals surface area contributed by atoms with E-state index in [0.717, 1.165) is 18.8 Å². The molecule has 0 unspecified atom stereocenters. The van der Waals surface area contributed by atoms with E-state index in [1.807, 2.05) is 7.11 Å². The maximum atomic E-state index is 5.98. The average molecular weight is 445 g/mol. The Kier molecular flexibility index (Phi) is 6.76. The lowest BCUT2D eigenvalue weighted by Crippen LogP contribution is -2.48. The molecule has 5 rings (SSSR count). The zero-order chi connectivity index (χ0) is 21.8. The number of nitrogens with zero attached hydrogens (tertiary/aromatic N) is 2. The van der Waals surface area contributed by atoms with Crippen molar-refractivity contribution in [3.8, 4) is 5.75 Å². The summed E-state index contributed by atoms with van der Waals surface area (Å²) in [6.07, 6.45) is 5.26. The topological polar surface area (TPSA) is 15.7 Å². The van der Waals surface area contributed by atoms with Gasteiger partial charge in [-0.25, -0.2) is 0 Å². The maximum Gasteiger partial charge on any atom is 0.142 e. The molecule has 2 fully saturated rings. The zero-order valence-corrected chi connectivity index (χ0v) is 19.9. The fourth-order valence-corrected chi connectivity index (χ4v) is 7.81. The Labute approximate surface area is 193 Å². The smallest absolute Gasteiger partial charge is 0.142 e. The molecule has 0 bridgehead atoms. The van der Waals surface area contributed by atoms with Gasteiger partial charge in [0.25, 0.3) is 0 Å². The van der Waals surface area contributed by atoms with Crippen LogP contribution in [0, 0.1) is 0 Å². The normalized spacial score (nSPS) is 19.4. The molecule has 166 valence electrons. The lowest BCUT2D eigenvalue weighted by Gasteiger charge is -2.40. The van der Waals surface area contributed by atoms with Gasteiger partial charge in [0.05, 0.1) is 12.8 Å². The molecule has 3 nitrogen and oxygen atoms in total. The molecule has 1 atom stereocenters. The monoisotopic (exact) mass is 444 g/mol. The second-order valence-corrected chi connectivity index (χ2v) is 11.0. The summed E-state index contributed by atoms with van der Waals surface area (Å²) in [7, 11) is 1.14. The lowest BCUT2D eigenvalue weighted by atomic mass is 10.0. The van der Waals surface area contributed by atoms with Crippen LogP contribution in [-0.2, 0) is 0 Å². The third-order valence-corrected chi connectivity index (χ3v) is 9.31. The van der Waals surface area contributed by atoms with Gasteiger partial charge in [-0.05, 0) is 63.4 Å². The summed E-state index contributed by atoms with van der Waals surface area (Å²) < 4.78 is 5.98. The predicted octanol–water partition coefficient (Wildman–Crippen LogP) is 4.52. The van der Waals surface area contributed by atoms with Gasteiger partial charge < -0.3 is 9.64 Å². The number of methoxy groups -OCH3 is 1. The van der Waals surface area contributed by atoms with Crippen LogP contribution >= 0.6 is 7.92 Å². The van der Waals surface area contributed by atoms with Crippen molar-refractivity contribution >= 4 is 29.5 Å². The van der Waals surface area contributed by atoms with Crippen LogP contribution in [0.5, 0.6) is 5.75 Å². The van der Waals surface area contributed by atoms with Crippen LogP contribution < -0.4 is 25.6 Å². The first-order chi connectivity index (χ1) is 15.8. The van der Waals surface area contributed by atoms with Gasteiger partial charge in [0.2, 0.25) is 0 Å². The van der Waals surface area contributed by atoms with E-state index >= 15 is 0 Å². The Morgan fingerprint density at radius 2 is 1.41 bits per heavy atom. The number of piperidine rings is 1. The number of hydrogen-bond acceptors (Lipinski definition) is 3. The summed E-state index contributed by atoms with van der Waals surface area (Å²) in [5.74, 6) is 1.00. The highest BCUT2D eigenvalue weighted by atomic mass is 31.1. The van der Waals surface area contributed by atoms with Crippen molar-refractivity contribution < 1.29 is 4.74 Å². The molecule has 0 amide bonds. The molecule has 2 aliphatic rings. The average Bonchev–Trinajstić information content (AvgIpc) is 3.41. The van der Waals surface area contributed by atoms with Crippen molar-refractivity contribution in [2.75, 3.05) is 38.2 Å². The summed E-state index contributed by atoms with van der Waals surface area (Å²) >= 11 is 0. The van der Waals surface area contributed by atoms with Crippen LogP contribution in [0.15, 0.2) is 78.9 Å². The van der Waals surface area contributed by atoms with Crippen molar-refractivity contribution in [1.29, 1.82) is 0 Å². The zero-order valence-electron chi connectivity index (χ0n) is 19.0. The first-order valence-corrected chi connectivity index (χ1v) is 13.3. The Balaban J connectivity index is 1.59. The van der Waals surface area contributed by atoms with Crippen LogP contribution in [0.2, 0.25) is 0 Å². The van der Waals surface area contributed by atoms with E-state index in [-0.39, 0.29) is 0 Å². The Bertz CT molecular complexity index is 965. The fraction of sp³-hybridized carbons (Fsp3) is 0.357. The van der Waals surface area contributed by atoms with E-state index in [0.29, 0.717) is 6.04 Å². The highest BCUT2D eigenvalue weighted by molar-refractivity contribution is 7.80. The molecule has 0 N–H and O–H groups in total. The van der Waals surface area contributed by atoms with Crippen LogP contribution in [0.4, 0.5) is 5.69 Å². The second-order valence-electron chi connectivity index (χ2n) is 8.82. The van der Waals surface area contributed by atoms with E-state index in [4.69, 9.17) is 4.74 Å². The minimum Gasteiger partial charge on any atom is -0.495 e. The molecule has 2 aliphatic heterocycles. The molecular weight excluding hydrogens is 411 g/mol. The summed E-state index contributed by atoms with van der Waals surface area (Å²) in [4.78, 5) is 5.35. The first-order valence-electron chi connectivity index (χ1n) is 11.9. The number of anilines is 1. The third-order valence-electron chi connectivity index (χ3n) is 6.84. The van der Waals surface area contributed by atoms with E-state index < -0.39 is 7.92 Å². The number of para-hydroxylation sites is 1. The third kappa shape index (κ3) is 4.42. The van der Waals surface area contributed by atoms with Gasteiger partial charge >= 0.3 is 0 Å². The van der Waals surface area contributed by atoms with Gasteiger partial charge in [-0.3, -0.25) is 4.90 Å². The summed E-state index contributed by atoms with van der Waals surface area (Å²) in [5, 5.41) is 4.17. The van der Waals surface area contributed by atoms with Crippen LogP contribution in [-0.4, -0.2) is 44.2 Å². The number of ether oxygens (including phenoxy) is 1. The predicted molar refractivity (Wildman–Crippen MR) is 138 cm³/mol. The Hall–Kier alpha value is -2.35. The standard InChI is InChI=1S/C28H33N2OP/c1-31-26-17-10-18-27(28(26)30-21-11-12-23(22-30)29-19-8-9-20-29)32(24-13-4-2-5-14-24)25-15-6-3-7-16-25/h2-7,10,13-18,23H,8-9,11-12,19-22H2,1H3/t23-/m0/s1. The van der Waals surface area contributed by atoms with Crippen molar-refractivity contribution in [3.05, 3.63) is 78.9 Å². The lowest BCUT2D eigenvalue weighted by molar-refractivity contribution is 0.215. The highest BCUT2D eigenvalue weighted by Gasteiger charge is 2.31. The number of rotatable bonds is 6. The van der Waals surface area contributed by atoms with E-state index in [2.05, 4.69) is 88.7 Å². The van der Waals surface area contributed by atoms with E-state index in [1.165, 1.54) is 60.4 Å². The number of hydrogen-bond donors (Lipinski definition) is 0. The van der Waals surface area contributed by atoms with Crippen molar-refractivity contribution in [1.82, 2.24) is 4.90 Å². The maximum absolute atomic E-state index is 5.98. The van der Waals surface area contributed by atoms with Crippen molar-refractivity contribution in [2.24, 2.45) is 0 Å². The molecule has 2 saturated heterocycles. The fourth-order valence-electron chi connectivity index (χ4n) is 5.32. The largest absolute Gasteiger partial charge is 0.495 e. The van der Waals surface area contributed by atoms with E-state index in [1.54, 1.807) is 0 Å². The van der Waals surface area contributed by atoms with Gasteiger partial charge in [0, 0.05) is 24.4 Å². The van der Waals surface area contributed by atoms with Crippen LogP contribution in [0.25, 0.3) is 0 Å². The first kappa shape index (κ1) is 21.5. The van der Waals surface area contributed by atoms with Gasteiger partial charge in [-0.2, -0.15) is 0 Å². The molecule has 3 aromatic rings. The molecule has 0 aromatic heterocycles. The summed E-state index contributed by atoms with van der Waals surface area (Å²) in [5.41, 5.74) is 1.30. The quantitative estimate of drug-likeness (QED) is 0.520. The van der Waals surface area contributed by atoms with Crippen molar-refractivity contribution in [3.63, 3.8) is 0 Å². The molecule has 0 saturated carbocycles. The molecular formula is C28H33N2OP. The summed E-state index contributed by atoms with van der Waals surface area (Å²) in [6, 6.07) is 29.3. The number of likely N-dealkylation sites (tertiary alicyclic amines) is 1. The van der Waals surface area contributed by atoms with Gasteiger partial charge in [0.15, 0.2) is 0 Å². The minimum absolute atomic E-state index is 0.656. The van der Waals surface area contributed by atoms with Crippen LogP contribution in [0.1, 0.15) is 25.7 Å². The highest BCUT2D eigenvalue weighted by Crippen LogP contribution is 2.41. The summed E-state index contributed by atoms with van der Waals surface area (Å²) in [6.45, 7) is 4.72. The SMILES string of the molecule is COc1cccc(P(c2ccccc2)c2ccccc2)c1N1CCC[C@H](N2CCCC2)C1. The Morgan fingerprint density at radius 1 is 0.750 bits per heavy atom. The van der Waals surface area contributed by atoms with Gasteiger partial charge in [-0.15, -0.1) is 0 Å². The van der Waals surface area contributed by atoms with Gasteiger partial charge in [-0.1, -0.05) is 72.8 Å². The Morgan fingerprint density at radius 3 is 2.03 bits per heavy atom. The van der Waals surface area contributed by atoms with E-state index in [9.17, 15) is 0 Å². The molecule has 3 aromatic carbocycles. The second kappa shape index (κ2) is 10.1. The molecule has 0 spiro atoms. The minimum atomic E-state index is -0.673.